The highest BCUT2D eigenvalue weighted by atomic mass is 16.3. The molecule has 1 aromatic carbocycles. The Labute approximate surface area is 102 Å². The third-order valence-electron chi connectivity index (χ3n) is 2.97. The van der Waals surface area contributed by atoms with Crippen molar-refractivity contribution in [3.63, 3.8) is 0 Å². The maximum Gasteiger partial charge on any atom is 0.0848 e. The molecule has 3 heteroatoms. The Morgan fingerprint density at radius 3 is 2.71 bits per heavy atom. The molecule has 90 valence electrons. The zero-order chi connectivity index (χ0) is 12.4. The van der Waals surface area contributed by atoms with Crippen LogP contribution in [0.3, 0.4) is 0 Å². The van der Waals surface area contributed by atoms with Crippen molar-refractivity contribution in [2.24, 2.45) is 7.05 Å². The van der Waals surface area contributed by atoms with Crippen LogP contribution in [0.4, 0.5) is 0 Å². The second-order valence-corrected chi connectivity index (χ2v) is 4.56. The van der Waals surface area contributed by atoms with Crippen molar-refractivity contribution in [1.82, 2.24) is 9.78 Å². The molecule has 3 nitrogen and oxygen atoms in total. The van der Waals surface area contributed by atoms with E-state index in [-0.39, 0.29) is 0 Å². The summed E-state index contributed by atoms with van der Waals surface area (Å²) in [5.74, 6) is 0. The van der Waals surface area contributed by atoms with Crippen LogP contribution in [0, 0.1) is 13.8 Å². The molecule has 1 atom stereocenters. The summed E-state index contributed by atoms with van der Waals surface area (Å²) in [5, 5.41) is 14.5. The van der Waals surface area contributed by atoms with Gasteiger partial charge in [0.2, 0.25) is 0 Å². The lowest BCUT2D eigenvalue weighted by atomic mass is 9.98. The van der Waals surface area contributed by atoms with Gasteiger partial charge < -0.3 is 5.11 Å². The van der Waals surface area contributed by atoms with Crippen molar-refractivity contribution in [3.8, 4) is 0 Å². The minimum absolute atomic E-state index is 0.482. The number of aliphatic hydroxyl groups is 1. The van der Waals surface area contributed by atoms with E-state index in [9.17, 15) is 5.11 Å². The van der Waals surface area contributed by atoms with Gasteiger partial charge in [0.15, 0.2) is 0 Å². The summed E-state index contributed by atoms with van der Waals surface area (Å²) in [7, 11) is 1.88. The molecule has 0 fully saturated rings. The summed E-state index contributed by atoms with van der Waals surface area (Å²) in [6.45, 7) is 4.06. The third kappa shape index (κ3) is 2.74. The average Bonchev–Trinajstić information content (AvgIpc) is 2.67. The molecule has 0 saturated carbocycles. The Morgan fingerprint density at radius 1 is 1.29 bits per heavy atom. The molecular formula is C14H18N2O. The Kier molecular flexibility index (Phi) is 3.29. The molecule has 1 N–H and O–H groups in total. The quantitative estimate of drug-likeness (QED) is 0.878. The zero-order valence-electron chi connectivity index (χ0n) is 10.5. The van der Waals surface area contributed by atoms with E-state index in [1.54, 1.807) is 4.68 Å². The number of benzene rings is 1. The van der Waals surface area contributed by atoms with Crippen LogP contribution >= 0.6 is 0 Å². The van der Waals surface area contributed by atoms with E-state index >= 15 is 0 Å². The van der Waals surface area contributed by atoms with Gasteiger partial charge in [0.1, 0.15) is 0 Å². The largest absolute Gasteiger partial charge is 0.388 e. The van der Waals surface area contributed by atoms with E-state index in [1.807, 2.05) is 45.3 Å². The minimum atomic E-state index is -0.482. The highest BCUT2D eigenvalue weighted by Gasteiger charge is 2.12. The second-order valence-electron chi connectivity index (χ2n) is 4.56. The van der Waals surface area contributed by atoms with Gasteiger partial charge in [0.05, 0.1) is 11.8 Å². The number of aryl methyl sites for hydroxylation is 3. The van der Waals surface area contributed by atoms with Crippen LogP contribution in [0.2, 0.25) is 0 Å². The van der Waals surface area contributed by atoms with Crippen molar-refractivity contribution >= 4 is 0 Å². The molecule has 0 saturated heterocycles. The molecule has 0 aliphatic heterocycles. The average molecular weight is 230 g/mol. The predicted octanol–water partition coefficient (Wildman–Crippen LogP) is 2.31. The fourth-order valence-corrected chi connectivity index (χ4v) is 2.00. The van der Waals surface area contributed by atoms with E-state index < -0.39 is 6.10 Å². The highest BCUT2D eigenvalue weighted by Crippen LogP contribution is 2.22. The van der Waals surface area contributed by atoms with Crippen molar-refractivity contribution in [2.75, 3.05) is 0 Å². The maximum absolute atomic E-state index is 10.2. The van der Waals surface area contributed by atoms with E-state index in [0.717, 1.165) is 16.8 Å². The standard InChI is InChI=1S/C14H18N2O/c1-10-4-5-11(2)13(8-10)14(17)9-12-6-7-16(3)15-12/h4-8,14,17H,9H2,1-3H3. The van der Waals surface area contributed by atoms with Crippen LogP contribution < -0.4 is 0 Å². The van der Waals surface area contributed by atoms with Gasteiger partial charge in [-0.2, -0.15) is 5.10 Å². The number of rotatable bonds is 3. The summed E-state index contributed by atoms with van der Waals surface area (Å²) in [5.41, 5.74) is 4.21. The fourth-order valence-electron chi connectivity index (χ4n) is 2.00. The number of aliphatic hydroxyl groups excluding tert-OH is 1. The Bertz CT molecular complexity index is 517. The van der Waals surface area contributed by atoms with Gasteiger partial charge in [0, 0.05) is 19.7 Å². The molecule has 0 spiro atoms. The molecular weight excluding hydrogens is 212 g/mol. The SMILES string of the molecule is Cc1ccc(C)c(C(O)Cc2ccn(C)n2)c1. The van der Waals surface area contributed by atoms with Crippen LogP contribution in [0.1, 0.15) is 28.5 Å². The maximum atomic E-state index is 10.2. The van der Waals surface area contributed by atoms with Crippen molar-refractivity contribution < 1.29 is 5.11 Å². The van der Waals surface area contributed by atoms with Crippen LogP contribution in [-0.4, -0.2) is 14.9 Å². The first kappa shape index (κ1) is 11.9. The van der Waals surface area contributed by atoms with Gasteiger partial charge in [-0.15, -0.1) is 0 Å². The van der Waals surface area contributed by atoms with Crippen LogP contribution in [-0.2, 0) is 13.5 Å². The molecule has 0 bridgehead atoms. The van der Waals surface area contributed by atoms with Gasteiger partial charge in [-0.1, -0.05) is 23.8 Å². The monoisotopic (exact) mass is 230 g/mol. The fraction of sp³-hybridized carbons (Fsp3) is 0.357. The van der Waals surface area contributed by atoms with Crippen molar-refractivity contribution in [1.29, 1.82) is 0 Å². The first-order valence-corrected chi connectivity index (χ1v) is 5.80. The van der Waals surface area contributed by atoms with E-state index in [4.69, 9.17) is 0 Å². The molecule has 1 unspecified atom stereocenters. The van der Waals surface area contributed by atoms with Crippen LogP contribution in [0.25, 0.3) is 0 Å². The molecule has 2 rings (SSSR count). The number of nitrogens with zero attached hydrogens (tertiary/aromatic N) is 2. The minimum Gasteiger partial charge on any atom is -0.388 e. The summed E-state index contributed by atoms with van der Waals surface area (Å²) < 4.78 is 1.76. The lowest BCUT2D eigenvalue weighted by Gasteiger charge is -2.13. The number of hydrogen-bond donors (Lipinski definition) is 1. The second kappa shape index (κ2) is 4.72. The summed E-state index contributed by atoms with van der Waals surface area (Å²) >= 11 is 0. The Morgan fingerprint density at radius 2 is 2.06 bits per heavy atom. The van der Waals surface area contributed by atoms with Crippen molar-refractivity contribution in [3.05, 3.63) is 52.8 Å². The first-order chi connectivity index (χ1) is 8.06. The number of hydrogen-bond acceptors (Lipinski definition) is 2. The summed E-state index contributed by atoms with van der Waals surface area (Å²) in [4.78, 5) is 0. The molecule has 0 aliphatic rings. The molecule has 17 heavy (non-hydrogen) atoms. The Balaban J connectivity index is 2.19. The third-order valence-corrected chi connectivity index (χ3v) is 2.97. The predicted molar refractivity (Wildman–Crippen MR) is 67.8 cm³/mol. The van der Waals surface area contributed by atoms with E-state index in [1.165, 1.54) is 5.56 Å². The van der Waals surface area contributed by atoms with Gasteiger partial charge in [-0.3, -0.25) is 4.68 Å². The topological polar surface area (TPSA) is 38.0 Å². The zero-order valence-corrected chi connectivity index (χ0v) is 10.5. The van der Waals surface area contributed by atoms with Gasteiger partial charge >= 0.3 is 0 Å². The highest BCUT2D eigenvalue weighted by molar-refractivity contribution is 5.32. The molecule has 0 amide bonds. The lowest BCUT2D eigenvalue weighted by molar-refractivity contribution is 0.176. The van der Waals surface area contributed by atoms with Gasteiger partial charge in [0.25, 0.3) is 0 Å². The van der Waals surface area contributed by atoms with E-state index in [0.29, 0.717) is 6.42 Å². The number of aromatic nitrogens is 2. The van der Waals surface area contributed by atoms with E-state index in [2.05, 4.69) is 11.2 Å². The van der Waals surface area contributed by atoms with Crippen LogP contribution in [0.15, 0.2) is 30.5 Å². The van der Waals surface area contributed by atoms with Gasteiger partial charge in [-0.25, -0.2) is 0 Å². The molecule has 1 heterocycles. The summed E-state index contributed by atoms with van der Waals surface area (Å²) in [6.07, 6.45) is 1.97. The molecule has 2 aromatic rings. The summed E-state index contributed by atoms with van der Waals surface area (Å²) in [6, 6.07) is 8.09. The normalized spacial score (nSPS) is 12.7. The van der Waals surface area contributed by atoms with Crippen molar-refractivity contribution in [2.45, 2.75) is 26.4 Å². The Hall–Kier alpha value is -1.61. The molecule has 0 aliphatic carbocycles. The van der Waals surface area contributed by atoms with Gasteiger partial charge in [-0.05, 0) is 31.0 Å². The smallest absolute Gasteiger partial charge is 0.0848 e. The lowest BCUT2D eigenvalue weighted by Crippen LogP contribution is -2.05. The van der Waals surface area contributed by atoms with Crippen LogP contribution in [0.5, 0.6) is 0 Å². The first-order valence-electron chi connectivity index (χ1n) is 5.80. The molecule has 1 aromatic heterocycles. The molecule has 0 radical (unpaired) electrons.